The molecule has 146 valence electrons. The van der Waals surface area contributed by atoms with Crippen LogP contribution in [0.15, 0.2) is 57.7 Å². The van der Waals surface area contributed by atoms with Gasteiger partial charge in [0.1, 0.15) is 5.69 Å². The van der Waals surface area contributed by atoms with E-state index in [-0.39, 0.29) is 17.5 Å². The maximum Gasteiger partial charge on any atom is 0.259 e. The van der Waals surface area contributed by atoms with Crippen LogP contribution in [-0.4, -0.2) is 29.0 Å². The zero-order valence-electron chi connectivity index (χ0n) is 15.9. The standard InChI is InChI=1S/C21H18N4O4/c1-12-18-15(10-16(17-4-3-9-28-17)24-21(18)29-25-12)20(27)23-11-13-5-7-14(8-6-13)19(26)22-2/h3-10H,11H2,1-2H3,(H,22,26)(H,23,27). The molecule has 2 amide bonds. The van der Waals surface area contributed by atoms with Crippen LogP contribution in [0.3, 0.4) is 0 Å². The maximum absolute atomic E-state index is 12.9. The number of rotatable bonds is 5. The van der Waals surface area contributed by atoms with Crippen molar-refractivity contribution < 1.29 is 18.5 Å². The van der Waals surface area contributed by atoms with Crippen LogP contribution in [0.2, 0.25) is 0 Å². The fourth-order valence-corrected chi connectivity index (χ4v) is 3.02. The highest BCUT2D eigenvalue weighted by Gasteiger charge is 2.20. The van der Waals surface area contributed by atoms with Gasteiger partial charge < -0.3 is 19.6 Å². The van der Waals surface area contributed by atoms with Crippen molar-refractivity contribution in [3.05, 3.63) is 71.1 Å². The van der Waals surface area contributed by atoms with Crippen LogP contribution in [0.25, 0.3) is 22.6 Å². The van der Waals surface area contributed by atoms with E-state index in [4.69, 9.17) is 8.94 Å². The van der Waals surface area contributed by atoms with Gasteiger partial charge in [-0.25, -0.2) is 4.98 Å². The van der Waals surface area contributed by atoms with Gasteiger partial charge in [-0.05, 0) is 42.8 Å². The lowest BCUT2D eigenvalue weighted by Gasteiger charge is -2.08. The maximum atomic E-state index is 12.9. The molecule has 0 bridgehead atoms. The lowest BCUT2D eigenvalue weighted by Crippen LogP contribution is -2.23. The number of carbonyl (C=O) groups is 2. The summed E-state index contributed by atoms with van der Waals surface area (Å²) in [5, 5.41) is 9.95. The molecule has 29 heavy (non-hydrogen) atoms. The van der Waals surface area contributed by atoms with E-state index in [2.05, 4.69) is 20.8 Å². The number of nitrogens with zero attached hydrogens (tertiary/aromatic N) is 2. The normalized spacial score (nSPS) is 10.8. The average molecular weight is 390 g/mol. The van der Waals surface area contributed by atoms with Gasteiger partial charge in [0.05, 0.1) is 22.9 Å². The van der Waals surface area contributed by atoms with Gasteiger partial charge in [-0.1, -0.05) is 17.3 Å². The summed E-state index contributed by atoms with van der Waals surface area (Å²) in [4.78, 5) is 28.9. The first-order chi connectivity index (χ1) is 14.1. The minimum atomic E-state index is -0.285. The number of nitrogens with one attached hydrogen (secondary N) is 2. The number of hydrogen-bond acceptors (Lipinski definition) is 6. The molecule has 2 N–H and O–H groups in total. The van der Waals surface area contributed by atoms with Crippen molar-refractivity contribution in [2.45, 2.75) is 13.5 Å². The van der Waals surface area contributed by atoms with Crippen molar-refractivity contribution >= 4 is 22.9 Å². The van der Waals surface area contributed by atoms with Gasteiger partial charge in [0.15, 0.2) is 5.76 Å². The Kier molecular flexibility index (Phi) is 4.82. The van der Waals surface area contributed by atoms with Crippen molar-refractivity contribution in [3.63, 3.8) is 0 Å². The number of pyridine rings is 1. The Morgan fingerprint density at radius 1 is 1.10 bits per heavy atom. The zero-order valence-corrected chi connectivity index (χ0v) is 15.9. The number of fused-ring (bicyclic) bond motifs is 1. The Labute approximate surface area is 165 Å². The van der Waals surface area contributed by atoms with Gasteiger partial charge in [-0.15, -0.1) is 0 Å². The molecule has 0 aliphatic heterocycles. The number of hydrogen-bond donors (Lipinski definition) is 2. The summed E-state index contributed by atoms with van der Waals surface area (Å²) in [6.07, 6.45) is 1.54. The first-order valence-electron chi connectivity index (χ1n) is 8.97. The molecule has 0 radical (unpaired) electrons. The molecule has 0 atom stereocenters. The molecule has 0 spiro atoms. The minimum absolute atomic E-state index is 0.159. The highest BCUT2D eigenvalue weighted by Crippen LogP contribution is 2.27. The molecule has 0 saturated heterocycles. The summed E-state index contributed by atoms with van der Waals surface area (Å²) in [6, 6.07) is 12.2. The Bertz CT molecular complexity index is 1180. The first-order valence-corrected chi connectivity index (χ1v) is 8.97. The summed E-state index contributed by atoms with van der Waals surface area (Å²) in [5.74, 6) is 0.0832. The molecule has 3 heterocycles. The van der Waals surface area contributed by atoms with E-state index < -0.39 is 0 Å². The summed E-state index contributed by atoms with van der Waals surface area (Å²) >= 11 is 0. The van der Waals surface area contributed by atoms with Crippen molar-refractivity contribution in [1.82, 2.24) is 20.8 Å². The van der Waals surface area contributed by atoms with E-state index in [9.17, 15) is 9.59 Å². The second-order valence-electron chi connectivity index (χ2n) is 6.44. The third kappa shape index (κ3) is 3.60. The summed E-state index contributed by atoms with van der Waals surface area (Å²) < 4.78 is 10.7. The summed E-state index contributed by atoms with van der Waals surface area (Å²) in [6.45, 7) is 2.06. The minimum Gasteiger partial charge on any atom is -0.463 e. The molecule has 3 aromatic heterocycles. The average Bonchev–Trinajstić information content (AvgIpc) is 3.41. The van der Waals surface area contributed by atoms with Gasteiger partial charge in [-0.3, -0.25) is 9.59 Å². The fraction of sp³-hybridized carbons (Fsp3) is 0.143. The van der Waals surface area contributed by atoms with Gasteiger partial charge >= 0.3 is 0 Å². The van der Waals surface area contributed by atoms with E-state index >= 15 is 0 Å². The second-order valence-corrected chi connectivity index (χ2v) is 6.44. The second kappa shape index (κ2) is 7.59. The molecule has 1 aromatic carbocycles. The first kappa shape index (κ1) is 18.4. The third-order valence-corrected chi connectivity index (χ3v) is 4.53. The summed E-state index contributed by atoms with van der Waals surface area (Å²) in [5.41, 5.74) is 3.17. The predicted molar refractivity (Wildman–Crippen MR) is 105 cm³/mol. The SMILES string of the molecule is CNC(=O)c1ccc(CNC(=O)c2cc(-c3ccco3)nc3onc(C)c23)cc1. The number of benzene rings is 1. The molecule has 0 aliphatic carbocycles. The largest absolute Gasteiger partial charge is 0.463 e. The van der Waals surface area contributed by atoms with Crippen LogP contribution in [0.5, 0.6) is 0 Å². The molecule has 0 aliphatic rings. The van der Waals surface area contributed by atoms with Crippen molar-refractivity contribution in [3.8, 4) is 11.5 Å². The van der Waals surface area contributed by atoms with Gasteiger partial charge in [0.25, 0.3) is 17.5 Å². The van der Waals surface area contributed by atoms with Crippen LogP contribution < -0.4 is 10.6 Å². The third-order valence-electron chi connectivity index (χ3n) is 4.53. The van der Waals surface area contributed by atoms with E-state index in [1.807, 2.05) is 0 Å². The van der Waals surface area contributed by atoms with Crippen LogP contribution in [-0.2, 0) is 6.54 Å². The molecule has 0 fully saturated rings. The van der Waals surface area contributed by atoms with E-state index in [0.29, 0.717) is 40.2 Å². The summed E-state index contributed by atoms with van der Waals surface area (Å²) in [7, 11) is 1.58. The van der Waals surface area contributed by atoms with Gasteiger partial charge in [0.2, 0.25) is 0 Å². The van der Waals surface area contributed by atoms with Gasteiger partial charge in [0, 0.05) is 19.2 Å². The van der Waals surface area contributed by atoms with E-state index in [0.717, 1.165) is 5.56 Å². The van der Waals surface area contributed by atoms with Crippen molar-refractivity contribution in [2.24, 2.45) is 0 Å². The Morgan fingerprint density at radius 3 is 2.59 bits per heavy atom. The number of amides is 2. The molecular formula is C21H18N4O4. The van der Waals surface area contributed by atoms with Crippen LogP contribution in [0.1, 0.15) is 32.0 Å². The van der Waals surface area contributed by atoms with E-state index in [1.165, 1.54) is 6.26 Å². The van der Waals surface area contributed by atoms with Crippen LogP contribution >= 0.6 is 0 Å². The van der Waals surface area contributed by atoms with E-state index in [1.54, 1.807) is 56.4 Å². The van der Waals surface area contributed by atoms with Crippen LogP contribution in [0.4, 0.5) is 0 Å². The van der Waals surface area contributed by atoms with Gasteiger partial charge in [-0.2, -0.15) is 0 Å². The Hall–Kier alpha value is -3.94. The molecular weight excluding hydrogens is 372 g/mol. The molecule has 8 nitrogen and oxygen atoms in total. The fourth-order valence-electron chi connectivity index (χ4n) is 3.02. The lowest BCUT2D eigenvalue weighted by molar-refractivity contribution is 0.0947. The number of furan rings is 1. The van der Waals surface area contributed by atoms with Crippen molar-refractivity contribution in [1.29, 1.82) is 0 Å². The molecule has 4 rings (SSSR count). The molecule has 0 unspecified atom stereocenters. The smallest absolute Gasteiger partial charge is 0.259 e. The monoisotopic (exact) mass is 390 g/mol. The molecule has 8 heteroatoms. The number of carbonyl (C=O) groups excluding carboxylic acids is 2. The number of aromatic nitrogens is 2. The Balaban J connectivity index is 1.59. The molecule has 0 saturated carbocycles. The number of aryl methyl sites for hydroxylation is 1. The zero-order chi connectivity index (χ0) is 20.4. The van der Waals surface area contributed by atoms with Crippen LogP contribution in [0, 0.1) is 6.92 Å². The van der Waals surface area contributed by atoms with Crippen molar-refractivity contribution in [2.75, 3.05) is 7.05 Å². The predicted octanol–water partition coefficient (Wildman–Crippen LogP) is 3.08. The topological polar surface area (TPSA) is 110 Å². The molecule has 4 aromatic rings. The highest BCUT2D eigenvalue weighted by molar-refractivity contribution is 6.06. The highest BCUT2D eigenvalue weighted by atomic mass is 16.5. The lowest BCUT2D eigenvalue weighted by atomic mass is 10.1. The quantitative estimate of drug-likeness (QED) is 0.542. The Morgan fingerprint density at radius 2 is 1.90 bits per heavy atom.